The Labute approximate surface area is 131 Å². The van der Waals surface area contributed by atoms with Crippen molar-refractivity contribution >= 4 is 0 Å². The van der Waals surface area contributed by atoms with Crippen LogP contribution in [-0.4, -0.2) is 18.2 Å². The van der Waals surface area contributed by atoms with E-state index in [0.29, 0.717) is 12.5 Å². The van der Waals surface area contributed by atoms with Gasteiger partial charge in [0.1, 0.15) is 5.75 Å². The average Bonchev–Trinajstić information content (AvgIpc) is 2.49. The van der Waals surface area contributed by atoms with E-state index >= 15 is 0 Å². The Morgan fingerprint density at radius 2 is 2.00 bits per heavy atom. The molecule has 0 aliphatic carbocycles. The van der Waals surface area contributed by atoms with Gasteiger partial charge in [-0.25, -0.2) is 0 Å². The zero-order chi connectivity index (χ0) is 16.1. The molecule has 0 saturated carbocycles. The van der Waals surface area contributed by atoms with Gasteiger partial charge in [-0.15, -0.1) is 0 Å². The van der Waals surface area contributed by atoms with E-state index in [9.17, 15) is 4.79 Å². The number of aryl methyl sites for hydroxylation is 1. The number of rotatable bonds is 6. The molecule has 0 unspecified atom stereocenters. The van der Waals surface area contributed by atoms with Gasteiger partial charge in [-0.2, -0.15) is 0 Å². The van der Waals surface area contributed by atoms with Crippen molar-refractivity contribution in [1.82, 2.24) is 9.88 Å². The Hall–Kier alpha value is -2.07. The lowest BCUT2D eigenvalue weighted by molar-refractivity contribution is 0.412. The van der Waals surface area contributed by atoms with Crippen LogP contribution >= 0.6 is 0 Å². The SMILES string of the molecule is COc1ccccc1-n1cc(CNCC(C)C)c(=O)cc1C. The highest BCUT2D eigenvalue weighted by atomic mass is 16.5. The predicted molar refractivity (Wildman–Crippen MR) is 89.9 cm³/mol. The standard InChI is InChI=1S/C18H24N2O2/c1-13(2)10-19-11-15-12-20(14(3)9-17(15)21)16-7-5-6-8-18(16)22-4/h5-9,12-13,19H,10-11H2,1-4H3. The Balaban J connectivity index is 2.38. The molecular weight excluding hydrogens is 276 g/mol. The van der Waals surface area contributed by atoms with Crippen LogP contribution in [0.4, 0.5) is 0 Å². The zero-order valence-electron chi connectivity index (χ0n) is 13.7. The van der Waals surface area contributed by atoms with Crippen molar-refractivity contribution in [2.45, 2.75) is 27.3 Å². The van der Waals surface area contributed by atoms with Crippen LogP contribution < -0.4 is 15.5 Å². The molecule has 0 aliphatic rings. The molecule has 0 fully saturated rings. The minimum atomic E-state index is 0.0694. The predicted octanol–water partition coefficient (Wildman–Crippen LogP) is 2.90. The summed E-state index contributed by atoms with van der Waals surface area (Å²) in [6.45, 7) is 7.69. The topological polar surface area (TPSA) is 43.3 Å². The number of aromatic nitrogens is 1. The number of hydrogen-bond donors (Lipinski definition) is 1. The number of nitrogens with zero attached hydrogens (tertiary/aromatic N) is 1. The molecular formula is C18H24N2O2. The molecule has 2 rings (SSSR count). The molecule has 0 saturated heterocycles. The maximum atomic E-state index is 12.2. The summed E-state index contributed by atoms with van der Waals surface area (Å²) in [6, 6.07) is 9.49. The lowest BCUT2D eigenvalue weighted by atomic mass is 10.2. The highest BCUT2D eigenvalue weighted by molar-refractivity contribution is 5.48. The normalized spacial score (nSPS) is 11.0. The molecule has 4 heteroatoms. The molecule has 1 heterocycles. The zero-order valence-corrected chi connectivity index (χ0v) is 13.7. The fraction of sp³-hybridized carbons (Fsp3) is 0.389. The second-order valence-corrected chi connectivity index (χ2v) is 5.87. The van der Waals surface area contributed by atoms with Crippen LogP contribution in [0.25, 0.3) is 5.69 Å². The van der Waals surface area contributed by atoms with E-state index in [1.807, 2.05) is 42.0 Å². The third-order valence-corrected chi connectivity index (χ3v) is 3.53. The van der Waals surface area contributed by atoms with Crippen molar-refractivity contribution in [1.29, 1.82) is 0 Å². The van der Waals surface area contributed by atoms with Gasteiger partial charge >= 0.3 is 0 Å². The van der Waals surface area contributed by atoms with E-state index in [4.69, 9.17) is 4.74 Å². The summed E-state index contributed by atoms with van der Waals surface area (Å²) in [6.07, 6.45) is 1.91. The van der Waals surface area contributed by atoms with Crippen molar-refractivity contribution in [2.75, 3.05) is 13.7 Å². The highest BCUT2D eigenvalue weighted by Gasteiger charge is 2.09. The van der Waals surface area contributed by atoms with Gasteiger partial charge in [0.25, 0.3) is 0 Å². The Morgan fingerprint density at radius 3 is 2.68 bits per heavy atom. The van der Waals surface area contributed by atoms with Crippen LogP contribution in [0.15, 0.2) is 41.3 Å². The number of benzene rings is 1. The van der Waals surface area contributed by atoms with Gasteiger partial charge in [0.05, 0.1) is 12.8 Å². The fourth-order valence-electron chi connectivity index (χ4n) is 2.39. The van der Waals surface area contributed by atoms with E-state index in [1.165, 1.54) is 0 Å². The van der Waals surface area contributed by atoms with E-state index in [-0.39, 0.29) is 5.43 Å². The number of ether oxygens (including phenoxy) is 1. The Kier molecular flexibility index (Phi) is 5.39. The first kappa shape index (κ1) is 16.3. The number of nitrogens with one attached hydrogen (secondary N) is 1. The van der Waals surface area contributed by atoms with Gasteiger partial charge in [-0.3, -0.25) is 4.79 Å². The molecule has 0 bridgehead atoms. The maximum Gasteiger partial charge on any atom is 0.186 e. The van der Waals surface area contributed by atoms with Crippen LogP contribution in [0.5, 0.6) is 5.75 Å². The molecule has 0 atom stereocenters. The summed E-state index contributed by atoms with van der Waals surface area (Å²) in [4.78, 5) is 12.2. The van der Waals surface area contributed by atoms with Crippen LogP contribution in [0, 0.1) is 12.8 Å². The van der Waals surface area contributed by atoms with Crippen molar-refractivity contribution in [2.24, 2.45) is 5.92 Å². The fourth-order valence-corrected chi connectivity index (χ4v) is 2.39. The summed E-state index contributed by atoms with van der Waals surface area (Å²) >= 11 is 0. The van der Waals surface area contributed by atoms with Crippen LogP contribution in [-0.2, 0) is 6.54 Å². The summed E-state index contributed by atoms with van der Waals surface area (Å²) in [5.74, 6) is 1.34. The van der Waals surface area contributed by atoms with Crippen molar-refractivity contribution in [3.63, 3.8) is 0 Å². The quantitative estimate of drug-likeness (QED) is 0.892. The molecule has 1 N–H and O–H groups in total. The molecule has 0 spiro atoms. The largest absolute Gasteiger partial charge is 0.495 e. The number of methoxy groups -OCH3 is 1. The van der Waals surface area contributed by atoms with Gasteiger partial charge in [0.15, 0.2) is 5.43 Å². The third-order valence-electron chi connectivity index (χ3n) is 3.53. The third kappa shape index (κ3) is 3.77. The maximum absolute atomic E-state index is 12.2. The van der Waals surface area contributed by atoms with Crippen LogP contribution in [0.3, 0.4) is 0 Å². The number of hydrogen-bond acceptors (Lipinski definition) is 3. The minimum Gasteiger partial charge on any atom is -0.495 e. The second kappa shape index (κ2) is 7.27. The van der Waals surface area contributed by atoms with Gasteiger partial charge in [-0.1, -0.05) is 26.0 Å². The van der Waals surface area contributed by atoms with Gasteiger partial charge in [0, 0.05) is 30.1 Å². The van der Waals surface area contributed by atoms with Crippen LogP contribution in [0.2, 0.25) is 0 Å². The first-order valence-electron chi connectivity index (χ1n) is 7.59. The Bertz CT molecular complexity index is 690. The van der Waals surface area contributed by atoms with Crippen LogP contribution in [0.1, 0.15) is 25.1 Å². The first-order chi connectivity index (χ1) is 10.5. The average molecular weight is 300 g/mol. The molecule has 22 heavy (non-hydrogen) atoms. The molecule has 4 nitrogen and oxygen atoms in total. The van der Waals surface area contributed by atoms with E-state index in [1.54, 1.807) is 13.2 Å². The lowest BCUT2D eigenvalue weighted by Crippen LogP contribution is -2.24. The molecule has 0 amide bonds. The van der Waals surface area contributed by atoms with Gasteiger partial charge < -0.3 is 14.6 Å². The summed E-state index contributed by atoms with van der Waals surface area (Å²) in [7, 11) is 1.65. The molecule has 1 aromatic carbocycles. The van der Waals surface area contributed by atoms with E-state index in [2.05, 4.69) is 19.2 Å². The van der Waals surface area contributed by atoms with Crippen molar-refractivity contribution < 1.29 is 4.74 Å². The Morgan fingerprint density at radius 1 is 1.27 bits per heavy atom. The van der Waals surface area contributed by atoms with Crippen molar-refractivity contribution in [3.8, 4) is 11.4 Å². The molecule has 2 aromatic rings. The summed E-state index contributed by atoms with van der Waals surface area (Å²) in [5.41, 5.74) is 2.66. The highest BCUT2D eigenvalue weighted by Crippen LogP contribution is 2.23. The summed E-state index contributed by atoms with van der Waals surface area (Å²) < 4.78 is 7.43. The van der Waals surface area contributed by atoms with E-state index < -0.39 is 0 Å². The molecule has 0 aliphatic heterocycles. The second-order valence-electron chi connectivity index (χ2n) is 5.87. The molecule has 1 aromatic heterocycles. The smallest absolute Gasteiger partial charge is 0.186 e. The first-order valence-corrected chi connectivity index (χ1v) is 7.59. The van der Waals surface area contributed by atoms with Crippen molar-refractivity contribution in [3.05, 3.63) is 58.0 Å². The van der Waals surface area contributed by atoms with E-state index in [0.717, 1.165) is 29.2 Å². The lowest BCUT2D eigenvalue weighted by Gasteiger charge is -2.16. The van der Waals surface area contributed by atoms with Gasteiger partial charge in [0.2, 0.25) is 0 Å². The molecule has 118 valence electrons. The monoisotopic (exact) mass is 300 g/mol. The molecule has 0 radical (unpaired) electrons. The summed E-state index contributed by atoms with van der Waals surface area (Å²) in [5, 5.41) is 3.32. The number of para-hydroxylation sites is 2. The minimum absolute atomic E-state index is 0.0694. The number of pyridine rings is 1. The van der Waals surface area contributed by atoms with Gasteiger partial charge in [-0.05, 0) is 31.5 Å².